The Morgan fingerprint density at radius 2 is 2.46 bits per heavy atom. The zero-order valence-corrected chi connectivity index (χ0v) is 7.66. The Bertz CT molecular complexity index is 308. The van der Waals surface area contributed by atoms with Crippen molar-refractivity contribution >= 4 is 11.5 Å². The van der Waals surface area contributed by atoms with Crippen LogP contribution in [-0.4, -0.2) is 18.1 Å². The van der Waals surface area contributed by atoms with E-state index in [1.54, 1.807) is 11.3 Å². The molecular weight excluding hydrogens is 166 g/mol. The van der Waals surface area contributed by atoms with E-state index < -0.39 is 0 Å². The van der Waals surface area contributed by atoms with Crippen molar-refractivity contribution in [2.24, 2.45) is 0 Å². The summed E-state index contributed by atoms with van der Waals surface area (Å²) in [7, 11) is 0. The Morgan fingerprint density at radius 3 is 3.08 bits per heavy atom. The lowest BCUT2D eigenvalue weighted by Gasteiger charge is -2.16. The minimum atomic E-state index is 0.682. The van der Waals surface area contributed by atoms with Crippen LogP contribution in [0, 0.1) is 6.92 Å². The third kappa shape index (κ3) is 1.58. The molecule has 4 nitrogen and oxygen atoms in total. The normalized spacial score (nSPS) is 16.5. The average Bonchev–Trinajstić information content (AvgIpc) is 2.56. The van der Waals surface area contributed by atoms with Crippen LogP contribution >= 0.6 is 0 Å². The van der Waals surface area contributed by atoms with Crippen molar-refractivity contribution < 1.29 is 4.84 Å². The molecule has 13 heavy (non-hydrogen) atoms. The molecule has 0 bridgehead atoms. The van der Waals surface area contributed by atoms with Crippen LogP contribution in [0.25, 0.3) is 0 Å². The van der Waals surface area contributed by atoms with Crippen molar-refractivity contribution in [2.45, 2.75) is 13.3 Å². The number of hydrogen-bond acceptors (Lipinski definition) is 4. The Morgan fingerprint density at radius 1 is 1.62 bits per heavy atom. The minimum Gasteiger partial charge on any atom is -0.396 e. The molecular formula is C9H13N3O. The smallest absolute Gasteiger partial charge is 0.175 e. The maximum absolute atomic E-state index is 5.82. The first-order chi connectivity index (χ1) is 6.27. The summed E-state index contributed by atoms with van der Waals surface area (Å²) in [6.45, 7) is 3.60. The molecule has 2 N–H and O–H groups in total. The third-order valence-corrected chi connectivity index (χ3v) is 2.02. The fourth-order valence-corrected chi connectivity index (χ4v) is 1.41. The van der Waals surface area contributed by atoms with Crippen LogP contribution in [0.3, 0.4) is 0 Å². The summed E-state index contributed by atoms with van der Waals surface area (Å²) >= 11 is 0. The number of rotatable bonds is 1. The number of nitrogens with two attached hydrogens (primary N) is 1. The second kappa shape index (κ2) is 3.22. The molecule has 0 aromatic carbocycles. The molecule has 2 rings (SSSR count). The molecule has 0 aliphatic carbocycles. The molecule has 1 fully saturated rings. The Balaban J connectivity index is 2.29. The molecule has 0 atom stereocenters. The molecule has 70 valence electrons. The fraction of sp³-hybridized carbons (Fsp3) is 0.444. The molecule has 2 heterocycles. The molecule has 0 spiro atoms. The maximum Gasteiger partial charge on any atom is 0.175 e. The average molecular weight is 179 g/mol. The van der Waals surface area contributed by atoms with E-state index in [1.165, 1.54) is 0 Å². The summed E-state index contributed by atoms with van der Waals surface area (Å²) in [5.74, 6) is 0.739. The Labute approximate surface area is 77.3 Å². The summed E-state index contributed by atoms with van der Waals surface area (Å²) in [4.78, 5) is 9.59. The molecule has 0 saturated carbocycles. The van der Waals surface area contributed by atoms with Crippen molar-refractivity contribution in [3.8, 4) is 0 Å². The van der Waals surface area contributed by atoms with Crippen LogP contribution in [0.2, 0.25) is 0 Å². The van der Waals surface area contributed by atoms with E-state index in [1.807, 2.05) is 13.0 Å². The first-order valence-corrected chi connectivity index (χ1v) is 4.40. The predicted molar refractivity (Wildman–Crippen MR) is 51.3 cm³/mol. The highest BCUT2D eigenvalue weighted by Crippen LogP contribution is 2.23. The lowest BCUT2D eigenvalue weighted by molar-refractivity contribution is 0.166. The van der Waals surface area contributed by atoms with Gasteiger partial charge in [-0.25, -0.2) is 10.0 Å². The van der Waals surface area contributed by atoms with Crippen LogP contribution < -0.4 is 10.8 Å². The summed E-state index contributed by atoms with van der Waals surface area (Å²) in [5.41, 5.74) is 7.57. The van der Waals surface area contributed by atoms with Gasteiger partial charge in [0.05, 0.1) is 12.3 Å². The van der Waals surface area contributed by atoms with E-state index >= 15 is 0 Å². The molecule has 0 radical (unpaired) electrons. The van der Waals surface area contributed by atoms with Crippen LogP contribution in [0.5, 0.6) is 0 Å². The highest BCUT2D eigenvalue weighted by molar-refractivity contribution is 5.62. The third-order valence-electron chi connectivity index (χ3n) is 2.02. The molecule has 1 aliphatic rings. The van der Waals surface area contributed by atoms with Crippen LogP contribution in [0.4, 0.5) is 11.5 Å². The van der Waals surface area contributed by atoms with Gasteiger partial charge in [-0.2, -0.15) is 0 Å². The summed E-state index contributed by atoms with van der Waals surface area (Å²) < 4.78 is 0. The molecule has 1 aromatic heterocycles. The number of anilines is 2. The SMILES string of the molecule is Cc1cnc(N2CCCO2)c(N)c1. The van der Waals surface area contributed by atoms with E-state index in [2.05, 4.69) is 4.98 Å². The summed E-state index contributed by atoms with van der Waals surface area (Å²) in [5, 5.41) is 1.76. The number of hydrogen-bond donors (Lipinski definition) is 1. The fourth-order valence-electron chi connectivity index (χ4n) is 1.41. The Kier molecular flexibility index (Phi) is 2.06. The molecule has 0 unspecified atom stereocenters. The van der Waals surface area contributed by atoms with Gasteiger partial charge in [-0.05, 0) is 25.0 Å². The second-order valence-corrected chi connectivity index (χ2v) is 3.21. The molecule has 1 aliphatic heterocycles. The summed E-state index contributed by atoms with van der Waals surface area (Å²) in [6.07, 6.45) is 2.84. The maximum atomic E-state index is 5.82. The van der Waals surface area contributed by atoms with E-state index in [9.17, 15) is 0 Å². The van der Waals surface area contributed by atoms with Gasteiger partial charge in [0, 0.05) is 12.7 Å². The van der Waals surface area contributed by atoms with Crippen LogP contribution in [-0.2, 0) is 4.84 Å². The van der Waals surface area contributed by atoms with Crippen LogP contribution in [0.1, 0.15) is 12.0 Å². The lowest BCUT2D eigenvalue weighted by Crippen LogP contribution is -2.19. The lowest BCUT2D eigenvalue weighted by atomic mass is 10.3. The van der Waals surface area contributed by atoms with Crippen LogP contribution in [0.15, 0.2) is 12.3 Å². The van der Waals surface area contributed by atoms with Gasteiger partial charge in [-0.15, -0.1) is 0 Å². The molecule has 4 heteroatoms. The van der Waals surface area contributed by atoms with E-state index in [4.69, 9.17) is 10.6 Å². The second-order valence-electron chi connectivity index (χ2n) is 3.21. The van der Waals surface area contributed by atoms with Crippen molar-refractivity contribution in [3.63, 3.8) is 0 Å². The minimum absolute atomic E-state index is 0.682. The van der Waals surface area contributed by atoms with Gasteiger partial charge in [0.2, 0.25) is 0 Å². The number of nitrogens with zero attached hydrogens (tertiary/aromatic N) is 2. The van der Waals surface area contributed by atoms with Gasteiger partial charge in [0.1, 0.15) is 0 Å². The van der Waals surface area contributed by atoms with Gasteiger partial charge < -0.3 is 5.73 Å². The number of aryl methyl sites for hydroxylation is 1. The van der Waals surface area contributed by atoms with Crippen molar-refractivity contribution in [1.29, 1.82) is 0 Å². The number of pyridine rings is 1. The number of nitrogen functional groups attached to an aromatic ring is 1. The molecule has 0 amide bonds. The highest BCUT2D eigenvalue weighted by Gasteiger charge is 2.16. The summed E-state index contributed by atoms with van der Waals surface area (Å²) in [6, 6.07) is 1.91. The zero-order valence-electron chi connectivity index (χ0n) is 7.66. The topological polar surface area (TPSA) is 51.4 Å². The first-order valence-electron chi connectivity index (χ1n) is 4.40. The predicted octanol–water partition coefficient (Wildman–Crippen LogP) is 1.11. The molecule has 1 saturated heterocycles. The zero-order chi connectivity index (χ0) is 9.26. The van der Waals surface area contributed by atoms with Crippen molar-refractivity contribution in [2.75, 3.05) is 23.9 Å². The molecule has 1 aromatic rings. The van der Waals surface area contributed by atoms with E-state index in [-0.39, 0.29) is 0 Å². The van der Waals surface area contributed by atoms with Gasteiger partial charge in [-0.3, -0.25) is 4.84 Å². The quantitative estimate of drug-likeness (QED) is 0.701. The van der Waals surface area contributed by atoms with Gasteiger partial charge in [0.15, 0.2) is 5.82 Å². The van der Waals surface area contributed by atoms with Gasteiger partial charge in [0.25, 0.3) is 0 Å². The van der Waals surface area contributed by atoms with E-state index in [0.29, 0.717) is 5.69 Å². The van der Waals surface area contributed by atoms with Gasteiger partial charge in [-0.1, -0.05) is 0 Å². The van der Waals surface area contributed by atoms with Crippen molar-refractivity contribution in [1.82, 2.24) is 4.98 Å². The monoisotopic (exact) mass is 179 g/mol. The van der Waals surface area contributed by atoms with E-state index in [0.717, 1.165) is 31.0 Å². The van der Waals surface area contributed by atoms with Crippen molar-refractivity contribution in [3.05, 3.63) is 17.8 Å². The van der Waals surface area contributed by atoms with Gasteiger partial charge >= 0.3 is 0 Å². The largest absolute Gasteiger partial charge is 0.396 e. The first kappa shape index (κ1) is 8.31. The highest BCUT2D eigenvalue weighted by atomic mass is 16.7. The standard InChI is InChI=1S/C9H13N3O/c1-7-5-8(10)9(11-6-7)12-3-2-4-13-12/h5-6H,2-4,10H2,1H3. The number of aromatic nitrogens is 1. The number of hydroxylamine groups is 1. The Hall–Kier alpha value is -1.29.